The molecule has 3 heterocycles. The van der Waals surface area contributed by atoms with E-state index < -0.39 is 17.6 Å². The number of carbonyl (C=O) groups excluding carboxylic acids is 1. The van der Waals surface area contributed by atoms with Gasteiger partial charge in [-0.1, -0.05) is 12.1 Å². The number of rotatable bonds is 6. The zero-order valence-corrected chi connectivity index (χ0v) is 20.8. The molecule has 1 fully saturated rings. The maximum Gasteiger partial charge on any atom is 0.419 e. The van der Waals surface area contributed by atoms with Crippen molar-refractivity contribution in [2.75, 3.05) is 50.7 Å². The molecule has 0 bridgehead atoms. The van der Waals surface area contributed by atoms with Crippen LogP contribution in [0.2, 0.25) is 0 Å². The van der Waals surface area contributed by atoms with Crippen LogP contribution in [0, 0.1) is 0 Å². The number of benzene rings is 2. The quantitative estimate of drug-likeness (QED) is 0.321. The third-order valence-corrected chi connectivity index (χ3v) is 6.47. The van der Waals surface area contributed by atoms with Gasteiger partial charge in [-0.3, -0.25) is 4.79 Å². The summed E-state index contributed by atoms with van der Waals surface area (Å²) in [7, 11) is 3.01. The van der Waals surface area contributed by atoms with Gasteiger partial charge in [-0.25, -0.2) is 4.98 Å². The fourth-order valence-electron chi connectivity index (χ4n) is 4.55. The van der Waals surface area contributed by atoms with Crippen LogP contribution in [-0.4, -0.2) is 56.3 Å². The predicted octanol–water partition coefficient (Wildman–Crippen LogP) is 5.20. The van der Waals surface area contributed by atoms with Gasteiger partial charge in [0.15, 0.2) is 0 Å². The Kier molecular flexibility index (Phi) is 6.85. The maximum absolute atomic E-state index is 14.1. The summed E-state index contributed by atoms with van der Waals surface area (Å²) >= 11 is 0. The number of amides is 1. The highest BCUT2D eigenvalue weighted by molar-refractivity contribution is 6.03. The van der Waals surface area contributed by atoms with E-state index in [1.54, 1.807) is 31.4 Å². The first-order valence-electron chi connectivity index (χ1n) is 12.0. The summed E-state index contributed by atoms with van der Waals surface area (Å²) in [5.41, 5.74) is 1.74. The molecule has 1 saturated heterocycles. The largest absolute Gasteiger partial charge is 0.496 e. The summed E-state index contributed by atoms with van der Waals surface area (Å²) in [5, 5.41) is 5.60. The number of anilines is 3. The van der Waals surface area contributed by atoms with Gasteiger partial charge in [-0.05, 0) is 30.3 Å². The molecule has 0 aliphatic carbocycles. The topological polar surface area (TPSA) is 91.5 Å². The molecule has 0 saturated carbocycles. The van der Waals surface area contributed by atoms with Crippen LogP contribution in [0.1, 0.15) is 15.9 Å². The van der Waals surface area contributed by atoms with Crippen LogP contribution in [0.5, 0.6) is 5.75 Å². The lowest BCUT2D eigenvalue weighted by atomic mass is 10.1. The summed E-state index contributed by atoms with van der Waals surface area (Å²) in [6.07, 6.45) is -3.90. The third kappa shape index (κ3) is 4.84. The number of ether oxygens (including phenoxy) is 2. The number of fused-ring (bicyclic) bond motifs is 1. The molecule has 3 N–H and O–H groups in total. The van der Waals surface area contributed by atoms with Gasteiger partial charge < -0.3 is 30.0 Å². The monoisotopic (exact) mass is 525 g/mol. The fraction of sp³-hybridized carbons (Fsp3) is 0.259. The Bertz CT molecular complexity index is 1480. The summed E-state index contributed by atoms with van der Waals surface area (Å²) in [4.78, 5) is 21.7. The van der Waals surface area contributed by atoms with Crippen LogP contribution < -0.4 is 20.3 Å². The number of halogens is 3. The highest BCUT2D eigenvalue weighted by Crippen LogP contribution is 2.42. The smallest absolute Gasteiger partial charge is 0.419 e. The van der Waals surface area contributed by atoms with E-state index in [1.807, 2.05) is 18.2 Å². The van der Waals surface area contributed by atoms with Gasteiger partial charge in [0.25, 0.3) is 5.91 Å². The van der Waals surface area contributed by atoms with E-state index in [4.69, 9.17) is 9.47 Å². The highest BCUT2D eigenvalue weighted by Gasteiger charge is 2.36. The summed E-state index contributed by atoms with van der Waals surface area (Å²) < 4.78 is 53.3. The number of pyridine rings is 1. The lowest BCUT2D eigenvalue weighted by molar-refractivity contribution is -0.137. The average Bonchev–Trinajstić information content (AvgIpc) is 3.37. The van der Waals surface area contributed by atoms with Gasteiger partial charge in [-0.15, -0.1) is 0 Å². The summed E-state index contributed by atoms with van der Waals surface area (Å²) in [6, 6.07) is 13.7. The molecule has 11 heteroatoms. The fourth-order valence-corrected chi connectivity index (χ4v) is 4.55. The minimum atomic E-state index is -4.68. The lowest BCUT2D eigenvalue weighted by Crippen LogP contribution is -2.36. The van der Waals surface area contributed by atoms with E-state index in [1.165, 1.54) is 13.1 Å². The second-order valence-electron chi connectivity index (χ2n) is 8.72. The normalized spacial score (nSPS) is 14.0. The van der Waals surface area contributed by atoms with Crippen molar-refractivity contribution in [1.82, 2.24) is 15.3 Å². The van der Waals surface area contributed by atoms with Crippen LogP contribution in [0.15, 0.2) is 54.7 Å². The average molecular weight is 526 g/mol. The molecule has 1 amide bonds. The number of morpholine rings is 1. The first kappa shape index (κ1) is 25.4. The predicted molar refractivity (Wildman–Crippen MR) is 139 cm³/mol. The second kappa shape index (κ2) is 10.3. The Balaban J connectivity index is 1.61. The van der Waals surface area contributed by atoms with Crippen LogP contribution in [0.3, 0.4) is 0 Å². The second-order valence-corrected chi connectivity index (χ2v) is 8.72. The van der Waals surface area contributed by atoms with Gasteiger partial charge in [-0.2, -0.15) is 13.2 Å². The Morgan fingerprint density at radius 2 is 1.89 bits per heavy atom. The number of alkyl halides is 3. The van der Waals surface area contributed by atoms with Gasteiger partial charge >= 0.3 is 6.18 Å². The Labute approximate surface area is 216 Å². The van der Waals surface area contributed by atoms with Crippen molar-refractivity contribution in [2.24, 2.45) is 0 Å². The van der Waals surface area contributed by atoms with Crippen LogP contribution in [0.4, 0.5) is 30.2 Å². The Hall–Kier alpha value is -4.25. The van der Waals surface area contributed by atoms with Crippen molar-refractivity contribution in [3.05, 3.63) is 65.9 Å². The molecule has 2 aromatic carbocycles. The number of hydrogen-bond acceptors (Lipinski definition) is 6. The number of aromatic amines is 1. The van der Waals surface area contributed by atoms with E-state index in [-0.39, 0.29) is 28.0 Å². The molecule has 0 atom stereocenters. The van der Waals surface area contributed by atoms with Crippen molar-refractivity contribution in [1.29, 1.82) is 0 Å². The van der Waals surface area contributed by atoms with Crippen molar-refractivity contribution in [3.63, 3.8) is 0 Å². The van der Waals surface area contributed by atoms with Gasteiger partial charge in [0.1, 0.15) is 11.4 Å². The maximum atomic E-state index is 14.1. The van der Waals surface area contributed by atoms with Crippen molar-refractivity contribution in [2.45, 2.75) is 6.18 Å². The van der Waals surface area contributed by atoms with E-state index in [9.17, 15) is 18.0 Å². The standard InChI is InChI=1S/C27H26F3N5O3/c1-31-26(36)18-5-3-4-6-21(18)33-24-19-14-22(34-25(19)32-15-20(24)27(28,29)30)17-8-7-16(13-23(17)37-2)35-9-11-38-12-10-35/h3-8,13-15H,9-12H2,1-2H3,(H,31,36)(H2,32,33,34). The number of aromatic nitrogens is 2. The SMILES string of the molecule is CNC(=O)c1ccccc1Nc1c(C(F)(F)F)cnc2[nH]c(-c3ccc(N4CCOCC4)cc3OC)cc12. The van der Waals surface area contributed by atoms with E-state index >= 15 is 0 Å². The number of H-pyrrole nitrogens is 1. The van der Waals surface area contributed by atoms with Gasteiger partial charge in [0.2, 0.25) is 0 Å². The van der Waals surface area contributed by atoms with Crippen molar-refractivity contribution in [3.8, 4) is 17.0 Å². The minimum absolute atomic E-state index is 0.203. The van der Waals surface area contributed by atoms with Crippen molar-refractivity contribution >= 4 is 34.0 Å². The number of nitrogens with one attached hydrogen (secondary N) is 3. The van der Waals surface area contributed by atoms with Crippen molar-refractivity contribution < 1.29 is 27.4 Å². The highest BCUT2D eigenvalue weighted by atomic mass is 19.4. The van der Waals surface area contributed by atoms with E-state index in [0.717, 1.165) is 25.0 Å². The molecule has 1 aliphatic heterocycles. The zero-order chi connectivity index (χ0) is 26.9. The van der Waals surface area contributed by atoms with E-state index in [0.29, 0.717) is 30.2 Å². The molecule has 8 nitrogen and oxygen atoms in total. The molecular formula is C27H26F3N5O3. The third-order valence-electron chi connectivity index (χ3n) is 6.47. The van der Waals surface area contributed by atoms with Crippen LogP contribution in [0.25, 0.3) is 22.3 Å². The molecule has 4 aromatic rings. The van der Waals surface area contributed by atoms with Crippen LogP contribution >= 0.6 is 0 Å². The molecule has 198 valence electrons. The minimum Gasteiger partial charge on any atom is -0.496 e. The number of hydrogen-bond donors (Lipinski definition) is 3. The van der Waals surface area contributed by atoms with E-state index in [2.05, 4.69) is 25.5 Å². The number of nitrogens with zero attached hydrogens (tertiary/aromatic N) is 2. The lowest BCUT2D eigenvalue weighted by Gasteiger charge is -2.29. The van der Waals surface area contributed by atoms with Gasteiger partial charge in [0, 0.05) is 49.0 Å². The molecule has 1 aliphatic rings. The van der Waals surface area contributed by atoms with Gasteiger partial charge in [0.05, 0.1) is 48.5 Å². The number of carbonyl (C=O) groups is 1. The summed E-state index contributed by atoms with van der Waals surface area (Å²) in [5.74, 6) is 0.142. The number of para-hydroxylation sites is 1. The molecule has 0 unspecified atom stereocenters. The first-order valence-corrected chi connectivity index (χ1v) is 12.0. The molecule has 0 spiro atoms. The molecule has 5 rings (SSSR count). The Morgan fingerprint density at radius 3 is 2.61 bits per heavy atom. The first-order chi connectivity index (χ1) is 18.3. The zero-order valence-electron chi connectivity index (χ0n) is 20.8. The Morgan fingerprint density at radius 1 is 1.13 bits per heavy atom. The number of methoxy groups -OCH3 is 1. The molecule has 0 radical (unpaired) electrons. The van der Waals surface area contributed by atoms with Crippen LogP contribution in [-0.2, 0) is 10.9 Å². The molecular weight excluding hydrogens is 499 g/mol. The molecule has 2 aromatic heterocycles. The summed E-state index contributed by atoms with van der Waals surface area (Å²) in [6.45, 7) is 2.79. The molecule has 38 heavy (non-hydrogen) atoms.